The van der Waals surface area contributed by atoms with E-state index in [0.717, 1.165) is 22.0 Å². The van der Waals surface area contributed by atoms with Gasteiger partial charge in [-0.05, 0) is 30.2 Å². The fourth-order valence-corrected chi connectivity index (χ4v) is 2.20. The van der Waals surface area contributed by atoms with Crippen molar-refractivity contribution < 1.29 is 0 Å². The molecule has 0 bridgehead atoms. The van der Waals surface area contributed by atoms with Gasteiger partial charge in [-0.25, -0.2) is 0 Å². The predicted molar refractivity (Wildman–Crippen MR) is 74.1 cm³/mol. The van der Waals surface area contributed by atoms with Gasteiger partial charge in [0.1, 0.15) is 0 Å². The van der Waals surface area contributed by atoms with E-state index in [0.29, 0.717) is 5.69 Å². The van der Waals surface area contributed by atoms with Gasteiger partial charge in [0.2, 0.25) is 0 Å². The second-order valence-electron chi connectivity index (χ2n) is 4.29. The van der Waals surface area contributed by atoms with Crippen LogP contribution in [0.25, 0.3) is 22.0 Å². The fraction of sp³-hybridized carbons (Fsp3) is 0.0667. The molecular weight excluding hydrogens is 222 g/mol. The highest BCUT2D eigenvalue weighted by molar-refractivity contribution is 5.98. The maximum Gasteiger partial charge on any atom is 0.0737 e. The summed E-state index contributed by atoms with van der Waals surface area (Å²) in [6.45, 7) is 2.06. The average molecular weight is 235 g/mol. The van der Waals surface area contributed by atoms with Gasteiger partial charge in [-0.15, -0.1) is 0 Å². The molecule has 0 saturated heterocycles. The quantitative estimate of drug-likeness (QED) is 0.704. The number of rotatable bonds is 1. The van der Waals surface area contributed by atoms with Crippen LogP contribution in [-0.4, -0.2) is 9.97 Å². The van der Waals surface area contributed by atoms with Crippen LogP contribution in [0.1, 0.15) is 5.56 Å². The summed E-state index contributed by atoms with van der Waals surface area (Å²) in [5.41, 5.74) is 11.0. The van der Waals surface area contributed by atoms with E-state index in [1.54, 1.807) is 12.4 Å². The molecule has 0 fully saturated rings. The first-order valence-corrected chi connectivity index (χ1v) is 5.81. The Morgan fingerprint density at radius 3 is 2.72 bits per heavy atom. The van der Waals surface area contributed by atoms with Gasteiger partial charge in [0.15, 0.2) is 0 Å². The number of fused-ring (bicyclic) bond motifs is 1. The number of nitrogens with two attached hydrogens (primary N) is 1. The zero-order chi connectivity index (χ0) is 12.5. The van der Waals surface area contributed by atoms with E-state index in [1.807, 2.05) is 18.3 Å². The molecule has 2 heterocycles. The second-order valence-corrected chi connectivity index (χ2v) is 4.29. The third kappa shape index (κ3) is 1.61. The first kappa shape index (κ1) is 10.7. The van der Waals surface area contributed by atoms with Crippen LogP contribution in [0.3, 0.4) is 0 Å². The lowest BCUT2D eigenvalue weighted by Gasteiger charge is -2.10. The molecule has 0 radical (unpaired) electrons. The second kappa shape index (κ2) is 4.11. The molecule has 88 valence electrons. The number of aromatic nitrogens is 2. The van der Waals surface area contributed by atoms with Crippen LogP contribution >= 0.6 is 0 Å². The van der Waals surface area contributed by atoms with Crippen molar-refractivity contribution >= 4 is 16.6 Å². The lowest BCUT2D eigenvalue weighted by Crippen LogP contribution is -1.93. The van der Waals surface area contributed by atoms with Gasteiger partial charge >= 0.3 is 0 Å². The highest BCUT2D eigenvalue weighted by Crippen LogP contribution is 2.32. The molecule has 0 saturated carbocycles. The van der Waals surface area contributed by atoms with E-state index < -0.39 is 0 Å². The Labute approximate surface area is 105 Å². The molecule has 2 aromatic heterocycles. The SMILES string of the molecule is Cc1ccc(-c2ccncc2N)c2cccnc12. The van der Waals surface area contributed by atoms with E-state index in [9.17, 15) is 0 Å². The third-order valence-corrected chi connectivity index (χ3v) is 3.11. The summed E-state index contributed by atoms with van der Waals surface area (Å²) >= 11 is 0. The molecule has 0 aliphatic rings. The summed E-state index contributed by atoms with van der Waals surface area (Å²) in [7, 11) is 0. The van der Waals surface area contributed by atoms with Crippen molar-refractivity contribution in [3.8, 4) is 11.1 Å². The summed E-state index contributed by atoms with van der Waals surface area (Å²) in [5, 5.41) is 1.12. The smallest absolute Gasteiger partial charge is 0.0737 e. The van der Waals surface area contributed by atoms with Gasteiger partial charge in [0.05, 0.1) is 17.4 Å². The van der Waals surface area contributed by atoms with Gasteiger partial charge < -0.3 is 5.73 Å². The van der Waals surface area contributed by atoms with Crippen molar-refractivity contribution in [1.82, 2.24) is 9.97 Å². The molecule has 1 aromatic carbocycles. The van der Waals surface area contributed by atoms with Gasteiger partial charge in [0.25, 0.3) is 0 Å². The van der Waals surface area contributed by atoms with E-state index in [4.69, 9.17) is 5.73 Å². The minimum atomic E-state index is 0.687. The molecular formula is C15H13N3. The average Bonchev–Trinajstić information content (AvgIpc) is 2.41. The largest absolute Gasteiger partial charge is 0.397 e. The number of pyridine rings is 2. The molecule has 3 heteroatoms. The molecule has 3 rings (SSSR count). The van der Waals surface area contributed by atoms with E-state index in [2.05, 4.69) is 35.1 Å². The van der Waals surface area contributed by atoms with E-state index in [1.165, 1.54) is 5.56 Å². The van der Waals surface area contributed by atoms with Crippen LogP contribution in [0.2, 0.25) is 0 Å². The number of nitrogen functional groups attached to an aromatic ring is 1. The Kier molecular flexibility index (Phi) is 2.45. The van der Waals surface area contributed by atoms with Crippen LogP contribution < -0.4 is 5.73 Å². The highest BCUT2D eigenvalue weighted by Gasteiger charge is 2.08. The number of aryl methyl sites for hydroxylation is 1. The maximum atomic E-state index is 6.00. The fourth-order valence-electron chi connectivity index (χ4n) is 2.20. The summed E-state index contributed by atoms with van der Waals surface area (Å²) in [6, 6.07) is 10.1. The minimum absolute atomic E-state index is 0.687. The zero-order valence-electron chi connectivity index (χ0n) is 10.1. The Morgan fingerprint density at radius 2 is 1.89 bits per heavy atom. The lowest BCUT2D eigenvalue weighted by molar-refractivity contribution is 1.33. The Bertz CT molecular complexity index is 720. The summed E-state index contributed by atoms with van der Waals surface area (Å²) in [6.07, 6.45) is 5.25. The highest BCUT2D eigenvalue weighted by atomic mass is 14.7. The molecule has 18 heavy (non-hydrogen) atoms. The number of hydrogen-bond acceptors (Lipinski definition) is 3. The number of nitrogens with zero attached hydrogens (tertiary/aromatic N) is 2. The van der Waals surface area contributed by atoms with Crippen molar-refractivity contribution in [1.29, 1.82) is 0 Å². The zero-order valence-corrected chi connectivity index (χ0v) is 10.1. The van der Waals surface area contributed by atoms with Crippen LogP contribution in [0.5, 0.6) is 0 Å². The topological polar surface area (TPSA) is 51.8 Å². The lowest BCUT2D eigenvalue weighted by atomic mass is 9.98. The minimum Gasteiger partial charge on any atom is -0.397 e. The molecule has 0 atom stereocenters. The van der Waals surface area contributed by atoms with Crippen molar-refractivity contribution in [3.63, 3.8) is 0 Å². The van der Waals surface area contributed by atoms with Gasteiger partial charge in [0, 0.05) is 23.3 Å². The standard InChI is InChI=1S/C15H13N3/c1-10-4-5-11(12-6-8-17-9-14(12)16)13-3-2-7-18-15(10)13/h2-9H,16H2,1H3. The Balaban J connectivity index is 2.38. The molecule has 3 aromatic rings. The van der Waals surface area contributed by atoms with Crippen LogP contribution in [-0.2, 0) is 0 Å². The van der Waals surface area contributed by atoms with Crippen molar-refractivity contribution in [2.24, 2.45) is 0 Å². The molecule has 0 amide bonds. The predicted octanol–water partition coefficient (Wildman–Crippen LogP) is 3.19. The van der Waals surface area contributed by atoms with Crippen molar-refractivity contribution in [2.45, 2.75) is 6.92 Å². The van der Waals surface area contributed by atoms with Crippen LogP contribution in [0.15, 0.2) is 48.9 Å². The molecule has 0 aliphatic heterocycles. The van der Waals surface area contributed by atoms with Crippen LogP contribution in [0.4, 0.5) is 5.69 Å². The third-order valence-electron chi connectivity index (χ3n) is 3.11. The van der Waals surface area contributed by atoms with Gasteiger partial charge in [-0.1, -0.05) is 18.2 Å². The molecule has 0 aliphatic carbocycles. The summed E-state index contributed by atoms with van der Waals surface area (Å²) in [5.74, 6) is 0. The number of benzene rings is 1. The van der Waals surface area contributed by atoms with Crippen molar-refractivity contribution in [2.75, 3.05) is 5.73 Å². The first-order chi connectivity index (χ1) is 8.77. The summed E-state index contributed by atoms with van der Waals surface area (Å²) in [4.78, 5) is 8.47. The maximum absolute atomic E-state index is 6.00. The van der Waals surface area contributed by atoms with Crippen LogP contribution in [0, 0.1) is 6.92 Å². The van der Waals surface area contributed by atoms with E-state index >= 15 is 0 Å². The first-order valence-electron chi connectivity index (χ1n) is 5.81. The monoisotopic (exact) mass is 235 g/mol. The van der Waals surface area contributed by atoms with E-state index in [-0.39, 0.29) is 0 Å². The Hall–Kier alpha value is -2.42. The van der Waals surface area contributed by atoms with Gasteiger partial charge in [-0.2, -0.15) is 0 Å². The normalized spacial score (nSPS) is 10.7. The number of hydrogen-bond donors (Lipinski definition) is 1. The van der Waals surface area contributed by atoms with Crippen molar-refractivity contribution in [3.05, 3.63) is 54.5 Å². The van der Waals surface area contributed by atoms with Gasteiger partial charge in [-0.3, -0.25) is 9.97 Å². The molecule has 0 unspecified atom stereocenters. The Morgan fingerprint density at radius 1 is 1.00 bits per heavy atom. The molecule has 0 spiro atoms. The molecule has 3 nitrogen and oxygen atoms in total. The molecule has 2 N–H and O–H groups in total. The number of anilines is 1. The summed E-state index contributed by atoms with van der Waals surface area (Å²) < 4.78 is 0.